The number of carbonyl (C=O) groups excluding carboxylic acids is 1. The zero-order valence-corrected chi connectivity index (χ0v) is 12.0. The van der Waals surface area contributed by atoms with Crippen LogP contribution in [0.25, 0.3) is 0 Å². The zero-order valence-electron chi connectivity index (χ0n) is 12.0. The highest BCUT2D eigenvalue weighted by molar-refractivity contribution is 5.94. The zero-order chi connectivity index (χ0) is 13.7. The van der Waals surface area contributed by atoms with Gasteiger partial charge in [-0.2, -0.15) is 0 Å². The minimum absolute atomic E-state index is 0. The molecule has 0 spiro atoms. The summed E-state index contributed by atoms with van der Waals surface area (Å²) in [5, 5.41) is 12.7. The molecule has 4 saturated carbocycles. The third-order valence-corrected chi connectivity index (χ3v) is 5.40. The van der Waals surface area contributed by atoms with Gasteiger partial charge in [-0.3, -0.25) is 9.78 Å². The van der Waals surface area contributed by atoms with Crippen molar-refractivity contribution in [1.29, 1.82) is 0 Å². The Labute approximate surface area is 124 Å². The average Bonchev–Trinajstić information content (AvgIpc) is 2.36. The maximum atomic E-state index is 12.4. The van der Waals surface area contributed by atoms with E-state index in [0.29, 0.717) is 5.56 Å². The largest absolute Gasteiger partial charge is 0.506 e. The number of hydrogen-bond donors (Lipinski definition) is 2. The molecule has 1 aromatic heterocycles. The second-order valence-corrected chi connectivity index (χ2v) is 7.08. The second-order valence-electron chi connectivity index (χ2n) is 7.08. The van der Waals surface area contributed by atoms with Crippen molar-refractivity contribution in [2.45, 2.75) is 44.1 Å². The third-order valence-electron chi connectivity index (χ3n) is 5.40. The minimum Gasteiger partial charge on any atom is -0.506 e. The molecular formula is C16H22N2O3. The monoisotopic (exact) mass is 290 g/mol. The van der Waals surface area contributed by atoms with Gasteiger partial charge in [-0.05, 0) is 62.3 Å². The summed E-state index contributed by atoms with van der Waals surface area (Å²) in [5.74, 6) is 2.38. The Morgan fingerprint density at radius 1 is 1.14 bits per heavy atom. The van der Waals surface area contributed by atoms with Crippen LogP contribution in [0.1, 0.15) is 48.9 Å². The number of nitrogens with one attached hydrogen (secondary N) is 1. The van der Waals surface area contributed by atoms with Crippen LogP contribution in [0.15, 0.2) is 18.5 Å². The van der Waals surface area contributed by atoms with Gasteiger partial charge in [0.15, 0.2) is 0 Å². The molecule has 4 aliphatic carbocycles. The van der Waals surface area contributed by atoms with E-state index in [1.807, 2.05) is 0 Å². The molecular weight excluding hydrogens is 268 g/mol. The van der Waals surface area contributed by atoms with Gasteiger partial charge in [0, 0.05) is 11.7 Å². The average molecular weight is 290 g/mol. The van der Waals surface area contributed by atoms with Crippen LogP contribution in [0.3, 0.4) is 0 Å². The van der Waals surface area contributed by atoms with E-state index in [2.05, 4.69) is 10.3 Å². The van der Waals surface area contributed by atoms with Crippen LogP contribution in [0.4, 0.5) is 0 Å². The molecule has 5 rings (SSSR count). The molecule has 0 aromatic carbocycles. The molecule has 1 amide bonds. The maximum Gasteiger partial charge on any atom is 0.253 e. The predicted molar refractivity (Wildman–Crippen MR) is 77.9 cm³/mol. The molecule has 114 valence electrons. The number of carbonyl (C=O) groups is 1. The summed E-state index contributed by atoms with van der Waals surface area (Å²) in [5.41, 5.74) is 0.470. The van der Waals surface area contributed by atoms with Crippen molar-refractivity contribution >= 4 is 5.91 Å². The van der Waals surface area contributed by atoms with E-state index in [0.717, 1.165) is 37.0 Å². The van der Waals surface area contributed by atoms with E-state index >= 15 is 0 Å². The Bertz CT molecular complexity index is 523. The Balaban J connectivity index is 0.00000132. The standard InChI is InChI=1S/C16H20N2O2.H2O/c19-14-4-13(8-17-9-14)15(20)18-16-5-10-1-11(6-16)3-12(2-10)7-16;/h4,8-12,19H,1-3,5-7H2,(H,18,20);1H2. The molecule has 1 aromatic rings. The van der Waals surface area contributed by atoms with Gasteiger partial charge in [0.1, 0.15) is 5.75 Å². The van der Waals surface area contributed by atoms with Crippen molar-refractivity contribution in [2.24, 2.45) is 17.8 Å². The van der Waals surface area contributed by atoms with Crippen LogP contribution in [0.5, 0.6) is 5.75 Å². The van der Waals surface area contributed by atoms with Crippen molar-refractivity contribution < 1.29 is 15.4 Å². The molecule has 1 heterocycles. The molecule has 4 aliphatic rings. The molecule has 4 fully saturated rings. The molecule has 5 heteroatoms. The Morgan fingerprint density at radius 2 is 1.71 bits per heavy atom. The molecule has 4 bridgehead atoms. The third kappa shape index (κ3) is 2.50. The highest BCUT2D eigenvalue weighted by Gasteiger charge is 2.51. The Morgan fingerprint density at radius 3 is 2.24 bits per heavy atom. The van der Waals surface area contributed by atoms with Gasteiger partial charge in [-0.15, -0.1) is 0 Å². The van der Waals surface area contributed by atoms with E-state index in [4.69, 9.17) is 0 Å². The molecule has 0 saturated heterocycles. The van der Waals surface area contributed by atoms with E-state index in [1.54, 1.807) is 0 Å². The first-order valence-electron chi connectivity index (χ1n) is 7.58. The van der Waals surface area contributed by atoms with Crippen molar-refractivity contribution in [3.8, 4) is 5.75 Å². The van der Waals surface area contributed by atoms with E-state index in [9.17, 15) is 9.90 Å². The van der Waals surface area contributed by atoms with Gasteiger partial charge in [0.05, 0.1) is 11.8 Å². The lowest BCUT2D eigenvalue weighted by atomic mass is 9.53. The summed E-state index contributed by atoms with van der Waals surface area (Å²) in [4.78, 5) is 16.3. The minimum atomic E-state index is -0.0876. The van der Waals surface area contributed by atoms with Crippen LogP contribution < -0.4 is 5.32 Å². The van der Waals surface area contributed by atoms with Gasteiger partial charge >= 0.3 is 0 Å². The fourth-order valence-electron chi connectivity index (χ4n) is 5.13. The van der Waals surface area contributed by atoms with E-state index < -0.39 is 0 Å². The summed E-state index contributed by atoms with van der Waals surface area (Å²) in [6, 6.07) is 1.49. The summed E-state index contributed by atoms with van der Waals surface area (Å²) >= 11 is 0. The number of aromatic hydroxyl groups is 1. The van der Waals surface area contributed by atoms with E-state index in [1.165, 1.54) is 37.7 Å². The van der Waals surface area contributed by atoms with Gasteiger partial charge in [0.25, 0.3) is 5.91 Å². The lowest BCUT2D eigenvalue weighted by Crippen LogP contribution is -2.59. The molecule has 0 unspecified atom stereocenters. The molecule has 0 atom stereocenters. The number of aromatic nitrogens is 1. The van der Waals surface area contributed by atoms with Gasteiger partial charge < -0.3 is 15.9 Å². The normalized spacial score (nSPS) is 36.1. The van der Waals surface area contributed by atoms with Crippen LogP contribution in [-0.4, -0.2) is 27.0 Å². The van der Waals surface area contributed by atoms with Crippen molar-refractivity contribution in [1.82, 2.24) is 10.3 Å². The topological polar surface area (TPSA) is 93.7 Å². The number of hydrogen-bond acceptors (Lipinski definition) is 3. The predicted octanol–water partition coefficient (Wildman–Crippen LogP) is 1.66. The van der Waals surface area contributed by atoms with Gasteiger partial charge in [-0.25, -0.2) is 0 Å². The summed E-state index contributed by atoms with van der Waals surface area (Å²) in [6.45, 7) is 0. The number of nitrogens with zero attached hydrogens (tertiary/aromatic N) is 1. The van der Waals surface area contributed by atoms with Crippen molar-refractivity contribution in [3.63, 3.8) is 0 Å². The highest BCUT2D eigenvalue weighted by atomic mass is 16.3. The lowest BCUT2D eigenvalue weighted by Gasteiger charge is -2.56. The quantitative estimate of drug-likeness (QED) is 0.867. The number of rotatable bonds is 2. The van der Waals surface area contributed by atoms with E-state index in [-0.39, 0.29) is 22.7 Å². The molecule has 5 nitrogen and oxygen atoms in total. The smallest absolute Gasteiger partial charge is 0.253 e. The second kappa shape index (κ2) is 4.98. The number of amides is 1. The molecule has 0 radical (unpaired) electrons. The maximum absolute atomic E-state index is 12.4. The first-order chi connectivity index (χ1) is 9.62. The van der Waals surface area contributed by atoms with Gasteiger partial charge in [-0.1, -0.05) is 0 Å². The molecule has 21 heavy (non-hydrogen) atoms. The summed E-state index contributed by atoms with van der Waals surface area (Å²) < 4.78 is 0. The SMILES string of the molecule is O.O=C(NC12CC3CC(CC(C3)C1)C2)c1cncc(O)c1. The first kappa shape index (κ1) is 14.3. The summed E-state index contributed by atoms with van der Waals surface area (Å²) in [6.07, 6.45) is 10.4. The molecule has 0 aliphatic heterocycles. The summed E-state index contributed by atoms with van der Waals surface area (Å²) in [7, 11) is 0. The van der Waals surface area contributed by atoms with Crippen molar-refractivity contribution in [2.75, 3.05) is 0 Å². The van der Waals surface area contributed by atoms with Crippen LogP contribution in [0, 0.1) is 17.8 Å². The fraction of sp³-hybridized carbons (Fsp3) is 0.625. The fourth-order valence-corrected chi connectivity index (χ4v) is 5.13. The Kier molecular flexibility index (Phi) is 3.40. The molecule has 4 N–H and O–H groups in total. The van der Waals surface area contributed by atoms with Gasteiger partial charge in [0.2, 0.25) is 0 Å². The number of pyridine rings is 1. The Hall–Kier alpha value is -1.62. The van der Waals surface area contributed by atoms with Crippen LogP contribution >= 0.6 is 0 Å². The van der Waals surface area contributed by atoms with Crippen molar-refractivity contribution in [3.05, 3.63) is 24.0 Å². The van der Waals surface area contributed by atoms with Crippen LogP contribution in [-0.2, 0) is 0 Å². The van der Waals surface area contributed by atoms with Crippen LogP contribution in [0.2, 0.25) is 0 Å². The lowest BCUT2D eigenvalue weighted by molar-refractivity contribution is -0.0167. The first-order valence-corrected chi connectivity index (χ1v) is 7.58. The highest BCUT2D eigenvalue weighted by Crippen LogP contribution is 2.55.